The van der Waals surface area contributed by atoms with E-state index in [4.69, 9.17) is 4.99 Å². The highest BCUT2D eigenvalue weighted by atomic mass is 35.5. The molecule has 0 bridgehead atoms. The van der Waals surface area contributed by atoms with Gasteiger partial charge in [-0.25, -0.2) is 4.99 Å². The molecule has 1 atom stereocenters. The summed E-state index contributed by atoms with van der Waals surface area (Å²) in [5.74, 6) is 1.04. The molecule has 1 aromatic heterocycles. The van der Waals surface area contributed by atoms with Crippen LogP contribution in [0.15, 0.2) is 35.3 Å². The van der Waals surface area contributed by atoms with Gasteiger partial charge in [-0.15, -0.1) is 36.2 Å². The smallest absolute Gasteiger partial charge is 0.139 e. The number of para-hydroxylation sites is 2. The number of fused-ring (bicyclic) bond motifs is 2. The lowest BCUT2D eigenvalue weighted by Gasteiger charge is -2.35. The Morgan fingerprint density at radius 3 is 2.92 bits per heavy atom. The first kappa shape index (κ1) is 21.0. The third-order valence-electron chi connectivity index (χ3n) is 4.51. The lowest BCUT2D eigenvalue weighted by atomic mass is 10.1. The minimum atomic E-state index is 0. The highest BCUT2D eigenvalue weighted by Crippen LogP contribution is 2.39. The van der Waals surface area contributed by atoms with Gasteiger partial charge in [0.15, 0.2) is 0 Å². The molecule has 5 nitrogen and oxygen atoms in total. The number of thiophene rings is 1. The molecule has 3 N–H and O–H groups in total. The molecule has 8 heteroatoms. The molecule has 0 spiro atoms. The molecule has 1 aromatic carbocycles. The maximum atomic E-state index is 9.25. The van der Waals surface area contributed by atoms with Crippen molar-refractivity contribution in [3.63, 3.8) is 0 Å². The van der Waals surface area contributed by atoms with E-state index in [1.165, 1.54) is 10.4 Å². The quantitative estimate of drug-likeness (QED) is 0.700. The van der Waals surface area contributed by atoms with E-state index in [1.807, 2.05) is 12.1 Å². The minimum absolute atomic E-state index is 0. The molecular formula is C18H24Cl2N4OS. The molecule has 2 aliphatic heterocycles. The van der Waals surface area contributed by atoms with Crippen molar-refractivity contribution in [1.29, 1.82) is 0 Å². The van der Waals surface area contributed by atoms with Crippen molar-refractivity contribution in [2.75, 3.05) is 31.6 Å². The summed E-state index contributed by atoms with van der Waals surface area (Å²) in [5, 5.41) is 17.4. The van der Waals surface area contributed by atoms with Crippen molar-refractivity contribution in [3.05, 3.63) is 40.8 Å². The van der Waals surface area contributed by atoms with E-state index in [-0.39, 0.29) is 31.4 Å². The number of halogens is 2. The number of aliphatic hydroxyl groups excluding tert-OH is 1. The first-order valence-corrected chi connectivity index (χ1v) is 9.21. The fourth-order valence-electron chi connectivity index (χ4n) is 3.35. The van der Waals surface area contributed by atoms with E-state index in [0.717, 1.165) is 48.3 Å². The van der Waals surface area contributed by atoms with Crippen LogP contribution in [0.25, 0.3) is 0 Å². The van der Waals surface area contributed by atoms with Gasteiger partial charge in [-0.3, -0.25) is 0 Å². The molecule has 1 fully saturated rings. The van der Waals surface area contributed by atoms with Gasteiger partial charge in [0.25, 0.3) is 0 Å². The van der Waals surface area contributed by atoms with E-state index in [1.54, 1.807) is 11.3 Å². The number of benzene rings is 1. The zero-order valence-corrected chi connectivity index (χ0v) is 17.0. The van der Waals surface area contributed by atoms with Crippen LogP contribution >= 0.6 is 36.2 Å². The van der Waals surface area contributed by atoms with Gasteiger partial charge in [0.1, 0.15) is 10.8 Å². The largest absolute Gasteiger partial charge is 0.396 e. The number of hydrogen-bond donors (Lipinski definition) is 3. The number of nitrogens with zero attached hydrogens (tertiary/aromatic N) is 2. The molecule has 26 heavy (non-hydrogen) atoms. The number of nitrogens with one attached hydrogen (secondary N) is 2. The highest BCUT2D eigenvalue weighted by molar-refractivity contribution is 7.16. The Morgan fingerprint density at radius 1 is 1.31 bits per heavy atom. The second kappa shape index (κ2) is 9.06. The van der Waals surface area contributed by atoms with Gasteiger partial charge in [-0.1, -0.05) is 12.1 Å². The second-order valence-electron chi connectivity index (χ2n) is 6.29. The van der Waals surface area contributed by atoms with Crippen molar-refractivity contribution in [2.24, 2.45) is 4.99 Å². The third-order valence-corrected chi connectivity index (χ3v) is 5.47. The first-order valence-electron chi connectivity index (χ1n) is 8.39. The molecule has 0 radical (unpaired) electrons. The van der Waals surface area contributed by atoms with Crippen LogP contribution in [0.5, 0.6) is 0 Å². The average molecular weight is 415 g/mol. The van der Waals surface area contributed by atoms with Gasteiger partial charge < -0.3 is 20.6 Å². The van der Waals surface area contributed by atoms with Crippen molar-refractivity contribution in [3.8, 4) is 0 Å². The number of rotatable bonds is 2. The molecule has 2 aliphatic rings. The summed E-state index contributed by atoms with van der Waals surface area (Å²) in [6.45, 7) is 5.06. The van der Waals surface area contributed by atoms with Crippen LogP contribution in [0.2, 0.25) is 0 Å². The molecular weight excluding hydrogens is 391 g/mol. The molecule has 0 saturated carbocycles. The van der Waals surface area contributed by atoms with Crippen molar-refractivity contribution in [1.82, 2.24) is 10.2 Å². The van der Waals surface area contributed by atoms with E-state index < -0.39 is 0 Å². The van der Waals surface area contributed by atoms with Crippen LogP contribution in [0, 0.1) is 6.92 Å². The Hall–Kier alpha value is -1.31. The molecule has 4 rings (SSSR count). The number of aliphatic hydroxyl groups is 1. The molecule has 1 saturated heterocycles. The summed E-state index contributed by atoms with van der Waals surface area (Å²) >= 11 is 1.77. The molecule has 0 aliphatic carbocycles. The predicted octanol–water partition coefficient (Wildman–Crippen LogP) is 3.69. The Morgan fingerprint density at radius 2 is 2.12 bits per heavy atom. The van der Waals surface area contributed by atoms with Crippen molar-refractivity contribution in [2.45, 2.75) is 19.4 Å². The lowest BCUT2D eigenvalue weighted by Crippen LogP contribution is -2.53. The summed E-state index contributed by atoms with van der Waals surface area (Å²) in [6, 6.07) is 10.7. The number of hydrogen-bond acceptors (Lipinski definition) is 6. The number of amidine groups is 1. The summed E-state index contributed by atoms with van der Waals surface area (Å²) in [4.78, 5) is 8.64. The molecule has 2 aromatic rings. The molecule has 1 unspecified atom stereocenters. The first-order chi connectivity index (χ1) is 11.7. The van der Waals surface area contributed by atoms with Gasteiger partial charge >= 0.3 is 0 Å². The monoisotopic (exact) mass is 414 g/mol. The average Bonchev–Trinajstić information content (AvgIpc) is 2.87. The number of aryl methyl sites for hydroxylation is 1. The summed E-state index contributed by atoms with van der Waals surface area (Å²) in [7, 11) is 0. The fourth-order valence-corrected chi connectivity index (χ4v) is 4.27. The van der Waals surface area contributed by atoms with Crippen LogP contribution in [-0.4, -0.2) is 48.1 Å². The Bertz CT molecular complexity index is 778. The Kier molecular flexibility index (Phi) is 7.32. The number of anilines is 2. The Labute approximate surface area is 170 Å². The number of piperazine rings is 1. The topological polar surface area (TPSA) is 59.9 Å². The molecule has 142 valence electrons. The van der Waals surface area contributed by atoms with Gasteiger partial charge in [-0.2, -0.15) is 0 Å². The van der Waals surface area contributed by atoms with Gasteiger partial charge in [-0.05, 0) is 31.5 Å². The SMILES string of the molecule is Cc1cc2c(s1)Nc1ccccc1N=C2N1CCNC(CCO)C1.Cl.Cl. The highest BCUT2D eigenvalue weighted by Gasteiger charge is 2.27. The fraction of sp³-hybridized carbons (Fsp3) is 0.389. The molecule has 3 heterocycles. The van der Waals surface area contributed by atoms with Crippen LogP contribution < -0.4 is 10.6 Å². The predicted molar refractivity (Wildman–Crippen MR) is 115 cm³/mol. The summed E-state index contributed by atoms with van der Waals surface area (Å²) in [5.41, 5.74) is 3.21. The summed E-state index contributed by atoms with van der Waals surface area (Å²) in [6.07, 6.45) is 0.772. The molecule has 0 amide bonds. The third kappa shape index (κ3) is 4.15. The lowest BCUT2D eigenvalue weighted by molar-refractivity contribution is 0.223. The maximum absolute atomic E-state index is 9.25. The number of aliphatic imine (C=N–C) groups is 1. The standard InChI is InChI=1S/C18H22N4OS.2ClH/c1-12-10-14-17(22-8-7-19-13(11-22)6-9-23)20-15-4-2-3-5-16(15)21-18(14)24-12;;/h2-5,10,13,19,21,23H,6-9,11H2,1H3;2*1H. The zero-order chi connectivity index (χ0) is 16.5. The van der Waals surface area contributed by atoms with Crippen LogP contribution in [0.1, 0.15) is 16.9 Å². The minimum Gasteiger partial charge on any atom is -0.396 e. The Balaban J connectivity index is 0.00000121. The van der Waals surface area contributed by atoms with E-state index >= 15 is 0 Å². The normalized spacial score (nSPS) is 18.3. The van der Waals surface area contributed by atoms with Gasteiger partial charge in [0, 0.05) is 37.2 Å². The van der Waals surface area contributed by atoms with E-state index in [2.05, 4.69) is 40.7 Å². The van der Waals surface area contributed by atoms with Gasteiger partial charge in [0.2, 0.25) is 0 Å². The second-order valence-corrected chi connectivity index (χ2v) is 7.54. The van der Waals surface area contributed by atoms with Crippen LogP contribution in [0.3, 0.4) is 0 Å². The van der Waals surface area contributed by atoms with E-state index in [0.29, 0.717) is 6.04 Å². The van der Waals surface area contributed by atoms with Crippen LogP contribution in [-0.2, 0) is 0 Å². The van der Waals surface area contributed by atoms with Gasteiger partial charge in [0.05, 0.1) is 16.9 Å². The van der Waals surface area contributed by atoms with Crippen LogP contribution in [0.4, 0.5) is 16.4 Å². The zero-order valence-electron chi connectivity index (χ0n) is 14.6. The summed E-state index contributed by atoms with van der Waals surface area (Å²) < 4.78 is 0. The van der Waals surface area contributed by atoms with Crippen molar-refractivity contribution < 1.29 is 5.11 Å². The van der Waals surface area contributed by atoms with E-state index in [9.17, 15) is 5.11 Å². The van der Waals surface area contributed by atoms with Crippen molar-refractivity contribution >= 4 is 58.4 Å². The maximum Gasteiger partial charge on any atom is 0.139 e.